The molecule has 0 saturated heterocycles. The molecule has 1 amide bonds. The summed E-state index contributed by atoms with van der Waals surface area (Å²) >= 11 is 0. The fourth-order valence-corrected chi connectivity index (χ4v) is 1.77. The van der Waals surface area contributed by atoms with E-state index in [1.807, 2.05) is 12.1 Å². The summed E-state index contributed by atoms with van der Waals surface area (Å²) in [5.41, 5.74) is 8.10. The van der Waals surface area contributed by atoms with Gasteiger partial charge in [0.15, 0.2) is 0 Å². The van der Waals surface area contributed by atoms with Crippen LogP contribution in [-0.4, -0.2) is 5.91 Å². The van der Waals surface area contributed by atoms with Crippen LogP contribution in [0.5, 0.6) is 0 Å². The van der Waals surface area contributed by atoms with Crippen LogP contribution in [0.15, 0.2) is 48.5 Å². The van der Waals surface area contributed by atoms with Crippen molar-refractivity contribution in [1.82, 2.24) is 0 Å². The van der Waals surface area contributed by atoms with Gasteiger partial charge in [-0.2, -0.15) is 5.26 Å². The molecule has 4 heteroatoms. The molecule has 94 valence electrons. The molecule has 4 nitrogen and oxygen atoms in total. The van der Waals surface area contributed by atoms with E-state index in [9.17, 15) is 4.79 Å². The lowest BCUT2D eigenvalue weighted by atomic mass is 10.1. The molecule has 0 aliphatic rings. The molecule has 0 bridgehead atoms. The van der Waals surface area contributed by atoms with Crippen molar-refractivity contribution in [3.63, 3.8) is 0 Å². The topological polar surface area (TPSA) is 78.9 Å². The van der Waals surface area contributed by atoms with Crippen LogP contribution in [0.4, 0.5) is 11.4 Å². The van der Waals surface area contributed by atoms with Gasteiger partial charge < -0.3 is 11.1 Å². The number of nitrogens with one attached hydrogen (secondary N) is 1. The Morgan fingerprint density at radius 2 is 2.00 bits per heavy atom. The van der Waals surface area contributed by atoms with Gasteiger partial charge in [-0.1, -0.05) is 24.3 Å². The van der Waals surface area contributed by atoms with Crippen molar-refractivity contribution in [1.29, 1.82) is 5.26 Å². The van der Waals surface area contributed by atoms with Gasteiger partial charge in [0.25, 0.3) is 0 Å². The van der Waals surface area contributed by atoms with Crippen molar-refractivity contribution in [3.8, 4) is 6.07 Å². The van der Waals surface area contributed by atoms with Gasteiger partial charge in [0.1, 0.15) is 6.07 Å². The standard InChI is InChI=1S/C15H13N3O/c16-10-12-5-1-2-7-14(12)18-15(19)9-11-4-3-6-13(17)8-11/h1-8H,9,17H2,(H,18,19). The van der Waals surface area contributed by atoms with Crippen LogP contribution in [0.3, 0.4) is 0 Å². The highest BCUT2D eigenvalue weighted by Gasteiger charge is 2.07. The number of anilines is 2. The zero-order valence-electron chi connectivity index (χ0n) is 10.3. The number of para-hydroxylation sites is 1. The molecule has 0 heterocycles. The molecule has 2 aromatic carbocycles. The number of benzene rings is 2. The lowest BCUT2D eigenvalue weighted by Crippen LogP contribution is -2.15. The van der Waals surface area contributed by atoms with Crippen LogP contribution in [0.1, 0.15) is 11.1 Å². The number of nitrogens with two attached hydrogens (primary N) is 1. The number of amides is 1. The van der Waals surface area contributed by atoms with Gasteiger partial charge >= 0.3 is 0 Å². The lowest BCUT2D eigenvalue weighted by Gasteiger charge is -2.07. The molecule has 0 atom stereocenters. The van der Waals surface area contributed by atoms with Gasteiger partial charge in [-0.05, 0) is 29.8 Å². The van der Waals surface area contributed by atoms with Crippen molar-refractivity contribution in [3.05, 3.63) is 59.7 Å². The van der Waals surface area contributed by atoms with E-state index in [-0.39, 0.29) is 12.3 Å². The largest absolute Gasteiger partial charge is 0.399 e. The maximum absolute atomic E-state index is 11.9. The van der Waals surface area contributed by atoms with E-state index >= 15 is 0 Å². The molecule has 0 unspecified atom stereocenters. The predicted molar refractivity (Wildman–Crippen MR) is 74.3 cm³/mol. The molecule has 0 aliphatic heterocycles. The smallest absolute Gasteiger partial charge is 0.228 e. The Hall–Kier alpha value is -2.80. The molecule has 0 spiro atoms. The van der Waals surface area contributed by atoms with Crippen molar-refractivity contribution >= 4 is 17.3 Å². The van der Waals surface area contributed by atoms with Gasteiger partial charge in [-0.25, -0.2) is 0 Å². The Morgan fingerprint density at radius 3 is 2.74 bits per heavy atom. The summed E-state index contributed by atoms with van der Waals surface area (Å²) in [6, 6.07) is 16.1. The number of nitriles is 1. The van der Waals surface area contributed by atoms with Crippen LogP contribution in [0, 0.1) is 11.3 Å². The van der Waals surface area contributed by atoms with Crippen LogP contribution < -0.4 is 11.1 Å². The van der Waals surface area contributed by atoms with Gasteiger partial charge in [0.2, 0.25) is 5.91 Å². The van der Waals surface area contributed by atoms with Gasteiger partial charge in [0.05, 0.1) is 17.7 Å². The SMILES string of the molecule is N#Cc1ccccc1NC(=O)Cc1cccc(N)c1. The van der Waals surface area contributed by atoms with E-state index in [2.05, 4.69) is 5.32 Å². The molecule has 2 rings (SSSR count). The maximum atomic E-state index is 11.9. The van der Waals surface area contributed by atoms with E-state index in [1.54, 1.807) is 42.5 Å². The number of hydrogen-bond donors (Lipinski definition) is 2. The summed E-state index contributed by atoms with van der Waals surface area (Å²) < 4.78 is 0. The second-order valence-electron chi connectivity index (χ2n) is 4.13. The summed E-state index contributed by atoms with van der Waals surface area (Å²) in [6.45, 7) is 0. The molecule has 2 aromatic rings. The molecule has 19 heavy (non-hydrogen) atoms. The quantitative estimate of drug-likeness (QED) is 0.821. The molecule has 0 aliphatic carbocycles. The summed E-state index contributed by atoms with van der Waals surface area (Å²) in [5.74, 6) is -0.173. The fraction of sp³-hybridized carbons (Fsp3) is 0.0667. The molecular formula is C15H13N3O. The first-order valence-corrected chi connectivity index (χ1v) is 5.82. The van der Waals surface area contributed by atoms with Crippen LogP contribution in [-0.2, 0) is 11.2 Å². The zero-order valence-corrected chi connectivity index (χ0v) is 10.3. The summed E-state index contributed by atoms with van der Waals surface area (Å²) in [6.07, 6.45) is 0.227. The molecule has 0 saturated carbocycles. The van der Waals surface area contributed by atoms with E-state index in [4.69, 9.17) is 11.0 Å². The molecule has 3 N–H and O–H groups in total. The van der Waals surface area contributed by atoms with Crippen molar-refractivity contribution < 1.29 is 4.79 Å². The summed E-state index contributed by atoms with van der Waals surface area (Å²) in [5, 5.41) is 11.7. The third-order valence-electron chi connectivity index (χ3n) is 2.64. The normalized spacial score (nSPS) is 9.63. The minimum absolute atomic E-state index is 0.173. The number of hydrogen-bond acceptors (Lipinski definition) is 3. The van der Waals surface area contributed by atoms with Crippen molar-refractivity contribution in [2.24, 2.45) is 0 Å². The third kappa shape index (κ3) is 3.33. The first-order chi connectivity index (χ1) is 9.19. The minimum Gasteiger partial charge on any atom is -0.399 e. The average Bonchev–Trinajstić information content (AvgIpc) is 2.39. The van der Waals surface area contributed by atoms with Gasteiger partial charge in [-0.3, -0.25) is 4.79 Å². The van der Waals surface area contributed by atoms with Crippen molar-refractivity contribution in [2.75, 3.05) is 11.1 Å². The number of carbonyl (C=O) groups excluding carboxylic acids is 1. The van der Waals surface area contributed by atoms with E-state index in [0.29, 0.717) is 16.9 Å². The van der Waals surface area contributed by atoms with Crippen LogP contribution in [0.2, 0.25) is 0 Å². The van der Waals surface area contributed by atoms with E-state index in [1.165, 1.54) is 0 Å². The number of nitrogens with zero attached hydrogens (tertiary/aromatic N) is 1. The van der Waals surface area contributed by atoms with Crippen LogP contribution >= 0.6 is 0 Å². The molecule has 0 fully saturated rings. The Morgan fingerprint density at radius 1 is 1.21 bits per heavy atom. The Balaban J connectivity index is 2.08. The summed E-state index contributed by atoms with van der Waals surface area (Å²) in [4.78, 5) is 11.9. The Bertz CT molecular complexity index is 644. The highest BCUT2D eigenvalue weighted by atomic mass is 16.1. The molecule has 0 radical (unpaired) electrons. The number of carbonyl (C=O) groups is 1. The Labute approximate surface area is 111 Å². The molecular weight excluding hydrogens is 238 g/mol. The first-order valence-electron chi connectivity index (χ1n) is 5.82. The highest BCUT2D eigenvalue weighted by molar-refractivity contribution is 5.93. The van der Waals surface area contributed by atoms with Crippen molar-refractivity contribution in [2.45, 2.75) is 6.42 Å². The number of nitrogen functional groups attached to an aromatic ring is 1. The highest BCUT2D eigenvalue weighted by Crippen LogP contribution is 2.14. The van der Waals surface area contributed by atoms with Gasteiger partial charge in [0, 0.05) is 5.69 Å². The monoisotopic (exact) mass is 251 g/mol. The zero-order chi connectivity index (χ0) is 13.7. The van der Waals surface area contributed by atoms with E-state index < -0.39 is 0 Å². The average molecular weight is 251 g/mol. The minimum atomic E-state index is -0.173. The lowest BCUT2D eigenvalue weighted by molar-refractivity contribution is -0.115. The summed E-state index contributed by atoms with van der Waals surface area (Å²) in [7, 11) is 0. The second-order valence-corrected chi connectivity index (χ2v) is 4.13. The van der Waals surface area contributed by atoms with Crippen LogP contribution in [0.25, 0.3) is 0 Å². The number of rotatable bonds is 3. The predicted octanol–water partition coefficient (Wildman–Crippen LogP) is 2.32. The Kier molecular flexibility index (Phi) is 3.79. The first kappa shape index (κ1) is 12.7. The van der Waals surface area contributed by atoms with E-state index in [0.717, 1.165) is 5.56 Å². The second kappa shape index (κ2) is 5.69. The third-order valence-corrected chi connectivity index (χ3v) is 2.64. The fourth-order valence-electron chi connectivity index (χ4n) is 1.77. The van der Waals surface area contributed by atoms with Gasteiger partial charge in [-0.15, -0.1) is 0 Å². The molecule has 0 aromatic heterocycles. The maximum Gasteiger partial charge on any atom is 0.228 e.